The molecule has 0 aliphatic rings. The van der Waals surface area contributed by atoms with Gasteiger partial charge in [-0.15, -0.1) is 10.2 Å². The van der Waals surface area contributed by atoms with E-state index in [0.29, 0.717) is 23.5 Å². The van der Waals surface area contributed by atoms with Crippen LogP contribution in [0, 0.1) is 5.82 Å². The molecule has 3 rings (SSSR count). The number of aromatic nitrogens is 3. The average Bonchev–Trinajstić information content (AvgIpc) is 3.03. The van der Waals surface area contributed by atoms with E-state index in [1.807, 2.05) is 0 Å². The molecule has 0 saturated carbocycles. The van der Waals surface area contributed by atoms with E-state index in [-0.39, 0.29) is 11.6 Å². The van der Waals surface area contributed by atoms with Gasteiger partial charge in [-0.1, -0.05) is 23.9 Å². The fraction of sp³-hybridized carbons (Fsp3) is 0.133. The zero-order chi connectivity index (χ0) is 15.2. The van der Waals surface area contributed by atoms with E-state index in [1.54, 1.807) is 42.7 Å². The zero-order valence-corrected chi connectivity index (χ0v) is 12.3. The molecule has 0 aliphatic heterocycles. The molecular formula is C15H12FN3O2S. The van der Waals surface area contributed by atoms with E-state index in [4.69, 9.17) is 9.15 Å². The zero-order valence-electron chi connectivity index (χ0n) is 11.5. The molecule has 0 spiro atoms. The number of thioether (sulfide) groups is 1. The summed E-state index contributed by atoms with van der Waals surface area (Å²) in [4.78, 5) is 3.93. The minimum atomic E-state index is -0.370. The molecule has 2 aromatic heterocycles. The van der Waals surface area contributed by atoms with Crippen molar-refractivity contribution in [1.82, 2.24) is 15.2 Å². The summed E-state index contributed by atoms with van der Waals surface area (Å²) >= 11 is 1.36. The fourth-order valence-electron chi connectivity index (χ4n) is 1.72. The van der Waals surface area contributed by atoms with Crippen LogP contribution in [0.25, 0.3) is 11.5 Å². The van der Waals surface area contributed by atoms with Crippen molar-refractivity contribution >= 4 is 11.8 Å². The second kappa shape index (κ2) is 7.04. The van der Waals surface area contributed by atoms with Crippen LogP contribution in [0.4, 0.5) is 4.39 Å². The molecule has 0 bridgehead atoms. The Balaban J connectivity index is 1.51. The molecule has 3 aromatic rings. The molecule has 0 aliphatic carbocycles. The summed E-state index contributed by atoms with van der Waals surface area (Å²) in [6.45, 7) is 0.346. The van der Waals surface area contributed by atoms with Gasteiger partial charge in [0.15, 0.2) is 11.6 Å². The Kier molecular flexibility index (Phi) is 4.65. The van der Waals surface area contributed by atoms with Crippen LogP contribution >= 0.6 is 11.8 Å². The van der Waals surface area contributed by atoms with Gasteiger partial charge in [-0.05, 0) is 24.3 Å². The second-order valence-corrected chi connectivity index (χ2v) is 5.28. The first-order chi connectivity index (χ1) is 10.8. The highest BCUT2D eigenvalue weighted by Crippen LogP contribution is 2.23. The fourth-order valence-corrected chi connectivity index (χ4v) is 2.30. The molecule has 0 amide bonds. The third-order valence-electron chi connectivity index (χ3n) is 2.74. The molecule has 0 atom stereocenters. The van der Waals surface area contributed by atoms with E-state index in [1.165, 1.54) is 17.8 Å². The van der Waals surface area contributed by atoms with Gasteiger partial charge in [0.2, 0.25) is 5.89 Å². The number of halogens is 1. The van der Waals surface area contributed by atoms with Gasteiger partial charge in [0.25, 0.3) is 5.22 Å². The molecule has 5 nitrogen and oxygen atoms in total. The Labute approximate surface area is 130 Å². The highest BCUT2D eigenvalue weighted by atomic mass is 32.2. The lowest BCUT2D eigenvalue weighted by molar-refractivity contribution is 0.324. The summed E-state index contributed by atoms with van der Waals surface area (Å²) in [6.07, 6.45) is 3.32. The minimum Gasteiger partial charge on any atom is -0.490 e. The molecule has 0 unspecified atom stereocenters. The topological polar surface area (TPSA) is 61.0 Å². The summed E-state index contributed by atoms with van der Waals surface area (Å²) in [7, 11) is 0. The molecule has 2 heterocycles. The van der Waals surface area contributed by atoms with Gasteiger partial charge in [0, 0.05) is 23.7 Å². The number of ether oxygens (including phenoxy) is 1. The number of nitrogens with zero attached hydrogens (tertiary/aromatic N) is 3. The predicted molar refractivity (Wildman–Crippen MR) is 80.1 cm³/mol. The molecule has 0 N–H and O–H groups in total. The van der Waals surface area contributed by atoms with Crippen molar-refractivity contribution < 1.29 is 13.5 Å². The van der Waals surface area contributed by atoms with Gasteiger partial charge >= 0.3 is 0 Å². The third-order valence-corrected chi connectivity index (χ3v) is 3.52. The largest absolute Gasteiger partial charge is 0.490 e. The van der Waals surface area contributed by atoms with E-state index in [0.717, 1.165) is 5.56 Å². The van der Waals surface area contributed by atoms with Crippen LogP contribution in [0.15, 0.2) is 58.4 Å². The monoisotopic (exact) mass is 317 g/mol. The summed E-state index contributed by atoms with van der Waals surface area (Å²) < 4.78 is 24.2. The molecule has 0 fully saturated rings. The number of hydrogen-bond donors (Lipinski definition) is 0. The quantitative estimate of drug-likeness (QED) is 0.513. The number of rotatable bonds is 6. The molecular weight excluding hydrogens is 305 g/mol. The van der Waals surface area contributed by atoms with Crippen LogP contribution in [0.1, 0.15) is 0 Å². The Bertz CT molecular complexity index is 736. The van der Waals surface area contributed by atoms with Crippen LogP contribution in [0.5, 0.6) is 5.75 Å². The second-order valence-electron chi connectivity index (χ2n) is 4.24. The van der Waals surface area contributed by atoms with E-state index >= 15 is 0 Å². The van der Waals surface area contributed by atoms with Crippen LogP contribution in [0.2, 0.25) is 0 Å². The highest BCUT2D eigenvalue weighted by molar-refractivity contribution is 7.99. The first kappa shape index (κ1) is 14.5. The maximum atomic E-state index is 13.4. The molecule has 0 saturated heterocycles. The van der Waals surface area contributed by atoms with Crippen molar-refractivity contribution in [2.45, 2.75) is 5.22 Å². The van der Waals surface area contributed by atoms with E-state index in [9.17, 15) is 4.39 Å². The Hall–Kier alpha value is -2.41. The van der Waals surface area contributed by atoms with Gasteiger partial charge < -0.3 is 9.15 Å². The maximum absolute atomic E-state index is 13.4. The van der Waals surface area contributed by atoms with Crippen LogP contribution in [0.3, 0.4) is 0 Å². The van der Waals surface area contributed by atoms with Crippen LogP contribution in [-0.2, 0) is 0 Å². The summed E-state index contributed by atoms with van der Waals surface area (Å²) in [5.74, 6) is 0.892. The molecule has 1 aromatic carbocycles. The Morgan fingerprint density at radius 3 is 2.73 bits per heavy atom. The van der Waals surface area contributed by atoms with Gasteiger partial charge in [-0.25, -0.2) is 4.39 Å². The van der Waals surface area contributed by atoms with Crippen molar-refractivity contribution in [1.29, 1.82) is 0 Å². The molecule has 112 valence electrons. The van der Waals surface area contributed by atoms with Crippen LogP contribution in [-0.4, -0.2) is 27.5 Å². The van der Waals surface area contributed by atoms with E-state index < -0.39 is 0 Å². The number of para-hydroxylation sites is 1. The minimum absolute atomic E-state index is 0.242. The van der Waals surface area contributed by atoms with Crippen molar-refractivity contribution in [3.05, 3.63) is 54.6 Å². The van der Waals surface area contributed by atoms with Crippen molar-refractivity contribution in [2.24, 2.45) is 0 Å². The standard InChI is InChI=1S/C15H12FN3O2S/c16-12-3-1-2-4-13(12)20-9-10-22-15-19-18-14(21-15)11-5-7-17-8-6-11/h1-8H,9-10H2. The lowest BCUT2D eigenvalue weighted by Crippen LogP contribution is -2.01. The van der Waals surface area contributed by atoms with E-state index in [2.05, 4.69) is 15.2 Å². The highest BCUT2D eigenvalue weighted by Gasteiger charge is 2.09. The van der Waals surface area contributed by atoms with Crippen molar-refractivity contribution in [2.75, 3.05) is 12.4 Å². The molecule has 0 radical (unpaired) electrons. The van der Waals surface area contributed by atoms with Gasteiger partial charge in [0.05, 0.1) is 6.61 Å². The molecule has 22 heavy (non-hydrogen) atoms. The lowest BCUT2D eigenvalue weighted by Gasteiger charge is -2.05. The van der Waals surface area contributed by atoms with Gasteiger partial charge in [0.1, 0.15) is 0 Å². The van der Waals surface area contributed by atoms with Crippen LogP contribution < -0.4 is 4.74 Å². The summed E-state index contributed by atoms with van der Waals surface area (Å²) in [6, 6.07) is 9.89. The SMILES string of the molecule is Fc1ccccc1OCCSc1nnc(-c2ccncc2)o1. The smallest absolute Gasteiger partial charge is 0.276 e. The maximum Gasteiger partial charge on any atom is 0.276 e. The number of pyridine rings is 1. The van der Waals surface area contributed by atoms with Crippen molar-refractivity contribution in [3.8, 4) is 17.2 Å². The van der Waals surface area contributed by atoms with Gasteiger partial charge in [-0.3, -0.25) is 4.98 Å². The lowest BCUT2D eigenvalue weighted by atomic mass is 10.3. The summed E-state index contributed by atoms with van der Waals surface area (Å²) in [5.41, 5.74) is 0.817. The predicted octanol–water partition coefficient (Wildman–Crippen LogP) is 3.44. The summed E-state index contributed by atoms with van der Waals surface area (Å²) in [5, 5.41) is 8.37. The third kappa shape index (κ3) is 3.62. The Morgan fingerprint density at radius 1 is 1.09 bits per heavy atom. The normalized spacial score (nSPS) is 10.6. The first-order valence-electron chi connectivity index (χ1n) is 6.57. The average molecular weight is 317 g/mol. The number of benzene rings is 1. The molecule has 7 heteroatoms. The first-order valence-corrected chi connectivity index (χ1v) is 7.55. The van der Waals surface area contributed by atoms with Gasteiger partial charge in [-0.2, -0.15) is 0 Å². The Morgan fingerprint density at radius 2 is 1.91 bits per heavy atom. The van der Waals surface area contributed by atoms with Crippen molar-refractivity contribution in [3.63, 3.8) is 0 Å². The number of hydrogen-bond acceptors (Lipinski definition) is 6.